The van der Waals surface area contributed by atoms with Crippen LogP contribution >= 0.6 is 0 Å². The molecule has 0 aliphatic carbocycles. The Hall–Kier alpha value is -1.32. The molecule has 0 atom stereocenters. The Morgan fingerprint density at radius 3 is 2.06 bits per heavy atom. The minimum atomic E-state index is -0.776. The van der Waals surface area contributed by atoms with Crippen LogP contribution in [0.4, 0.5) is 0 Å². The molecular formula is C14H26N2O2. The lowest BCUT2D eigenvalue weighted by Crippen LogP contribution is -2.41. The summed E-state index contributed by atoms with van der Waals surface area (Å²) in [5, 5.41) is 4.25. The van der Waals surface area contributed by atoms with Crippen LogP contribution in [0, 0.1) is 6.92 Å². The van der Waals surface area contributed by atoms with Gasteiger partial charge in [0, 0.05) is 6.20 Å². The number of aryl methyl sites for hydroxylation is 1. The second-order valence-corrected chi connectivity index (χ2v) is 5.46. The molecule has 1 heterocycles. The topological polar surface area (TPSA) is 44.1 Å². The number of hydrogen-bond donors (Lipinski definition) is 0. The molecular weight excluding hydrogens is 228 g/mol. The van der Waals surface area contributed by atoms with Crippen LogP contribution in [0.1, 0.15) is 54.2 Å². The molecule has 0 amide bonds. The Balaban J connectivity index is 0.00000137. The molecule has 0 bridgehead atoms. The van der Waals surface area contributed by atoms with E-state index >= 15 is 0 Å². The number of carbonyl (C=O) groups excluding carboxylic acids is 1. The van der Waals surface area contributed by atoms with E-state index in [1.165, 1.54) is 0 Å². The van der Waals surface area contributed by atoms with Crippen molar-refractivity contribution in [2.75, 3.05) is 0 Å². The lowest BCUT2D eigenvalue weighted by Gasteiger charge is -2.28. The first-order valence-electron chi connectivity index (χ1n) is 6.39. The van der Waals surface area contributed by atoms with Gasteiger partial charge in [0.05, 0.1) is 5.69 Å². The molecule has 0 radical (unpaired) electrons. The Kier molecular flexibility index (Phi) is 5.58. The number of carbonyl (C=O) groups is 1. The molecule has 1 rings (SSSR count). The Morgan fingerprint density at radius 1 is 1.22 bits per heavy atom. The minimum Gasteiger partial charge on any atom is -0.458 e. The Bertz CT molecular complexity index is 387. The average molecular weight is 254 g/mol. The number of nitrogens with zero attached hydrogens (tertiary/aromatic N) is 2. The molecule has 4 heteroatoms. The van der Waals surface area contributed by atoms with Crippen molar-refractivity contribution in [3.63, 3.8) is 0 Å². The molecule has 0 unspecified atom stereocenters. The number of ether oxygens (including phenoxy) is 1. The highest BCUT2D eigenvalue weighted by molar-refractivity contribution is 5.78. The van der Waals surface area contributed by atoms with E-state index in [-0.39, 0.29) is 5.97 Å². The van der Waals surface area contributed by atoms with Crippen LogP contribution in [0.2, 0.25) is 0 Å². The van der Waals surface area contributed by atoms with Gasteiger partial charge in [0.15, 0.2) is 5.54 Å². The average Bonchev–Trinajstić information content (AvgIpc) is 2.66. The number of hydrogen-bond acceptors (Lipinski definition) is 3. The third kappa shape index (κ3) is 4.51. The second-order valence-electron chi connectivity index (χ2n) is 5.46. The van der Waals surface area contributed by atoms with E-state index in [1.807, 2.05) is 47.6 Å². The van der Waals surface area contributed by atoms with Gasteiger partial charge < -0.3 is 4.74 Å². The zero-order valence-electron chi connectivity index (χ0n) is 12.9. The van der Waals surface area contributed by atoms with E-state index in [0.29, 0.717) is 0 Å². The standard InChI is InChI=1S/C12H20N2O2.C2H6/c1-9-7-8-14(13-9)12(5,6)10(15)16-11(2,3)4;1-2/h7-8H,1-6H3;1-2H3. The molecule has 18 heavy (non-hydrogen) atoms. The molecule has 0 aliphatic rings. The number of esters is 1. The summed E-state index contributed by atoms with van der Waals surface area (Å²) >= 11 is 0. The summed E-state index contributed by atoms with van der Waals surface area (Å²) in [7, 11) is 0. The van der Waals surface area contributed by atoms with Crippen LogP contribution in [0.15, 0.2) is 12.3 Å². The highest BCUT2D eigenvalue weighted by Gasteiger charge is 2.34. The smallest absolute Gasteiger partial charge is 0.334 e. The monoisotopic (exact) mass is 254 g/mol. The van der Waals surface area contributed by atoms with E-state index in [1.54, 1.807) is 24.7 Å². The van der Waals surface area contributed by atoms with Crippen LogP contribution < -0.4 is 0 Å². The summed E-state index contributed by atoms with van der Waals surface area (Å²) in [6, 6.07) is 1.87. The van der Waals surface area contributed by atoms with Crippen molar-refractivity contribution < 1.29 is 9.53 Å². The summed E-state index contributed by atoms with van der Waals surface area (Å²) in [5.74, 6) is -0.275. The van der Waals surface area contributed by atoms with E-state index in [2.05, 4.69) is 5.10 Å². The Morgan fingerprint density at radius 2 is 1.72 bits per heavy atom. The first-order chi connectivity index (χ1) is 8.13. The molecule has 0 saturated carbocycles. The molecule has 0 spiro atoms. The fourth-order valence-corrected chi connectivity index (χ4v) is 1.22. The zero-order chi connectivity index (χ0) is 14.6. The fourth-order valence-electron chi connectivity index (χ4n) is 1.22. The van der Waals surface area contributed by atoms with Gasteiger partial charge in [-0.15, -0.1) is 0 Å². The van der Waals surface area contributed by atoms with Crippen LogP contribution in [0.25, 0.3) is 0 Å². The molecule has 1 aromatic rings. The van der Waals surface area contributed by atoms with Gasteiger partial charge >= 0.3 is 5.97 Å². The first-order valence-corrected chi connectivity index (χ1v) is 6.39. The highest BCUT2D eigenvalue weighted by Crippen LogP contribution is 2.20. The van der Waals surface area contributed by atoms with Crippen molar-refractivity contribution in [1.82, 2.24) is 9.78 Å². The van der Waals surface area contributed by atoms with Gasteiger partial charge in [-0.1, -0.05) is 13.8 Å². The van der Waals surface area contributed by atoms with Crippen molar-refractivity contribution in [1.29, 1.82) is 0 Å². The molecule has 1 aromatic heterocycles. The van der Waals surface area contributed by atoms with Gasteiger partial charge in [0.1, 0.15) is 5.60 Å². The molecule has 0 N–H and O–H groups in total. The van der Waals surface area contributed by atoms with Gasteiger partial charge in [0.25, 0.3) is 0 Å². The van der Waals surface area contributed by atoms with Crippen LogP contribution in [-0.4, -0.2) is 21.4 Å². The van der Waals surface area contributed by atoms with E-state index < -0.39 is 11.1 Å². The van der Waals surface area contributed by atoms with Crippen molar-refractivity contribution in [3.05, 3.63) is 18.0 Å². The summed E-state index contributed by atoms with van der Waals surface area (Å²) in [5.41, 5.74) is -0.366. The number of rotatable bonds is 2. The van der Waals surface area contributed by atoms with Crippen LogP contribution in [-0.2, 0) is 15.1 Å². The van der Waals surface area contributed by atoms with Crippen molar-refractivity contribution in [2.24, 2.45) is 0 Å². The predicted octanol–water partition coefficient (Wildman–Crippen LogP) is 3.29. The highest BCUT2D eigenvalue weighted by atomic mass is 16.6. The first kappa shape index (κ1) is 16.7. The normalized spacial score (nSPS) is 11.6. The van der Waals surface area contributed by atoms with Crippen molar-refractivity contribution >= 4 is 5.97 Å². The van der Waals surface area contributed by atoms with Crippen molar-refractivity contribution in [3.8, 4) is 0 Å². The lowest BCUT2D eigenvalue weighted by molar-refractivity contribution is -0.164. The summed E-state index contributed by atoms with van der Waals surface area (Å²) in [4.78, 5) is 12.0. The summed E-state index contributed by atoms with van der Waals surface area (Å²) < 4.78 is 7.00. The number of aromatic nitrogens is 2. The quantitative estimate of drug-likeness (QED) is 0.761. The van der Waals surface area contributed by atoms with E-state index in [9.17, 15) is 4.79 Å². The zero-order valence-corrected chi connectivity index (χ0v) is 12.9. The molecule has 0 saturated heterocycles. The molecule has 104 valence electrons. The molecule has 0 aromatic carbocycles. The van der Waals surface area contributed by atoms with E-state index in [4.69, 9.17) is 4.74 Å². The van der Waals surface area contributed by atoms with E-state index in [0.717, 1.165) is 5.69 Å². The van der Waals surface area contributed by atoms with Gasteiger partial charge in [-0.05, 0) is 47.6 Å². The van der Waals surface area contributed by atoms with Crippen LogP contribution in [0.5, 0.6) is 0 Å². The van der Waals surface area contributed by atoms with Gasteiger partial charge in [-0.3, -0.25) is 4.68 Å². The van der Waals surface area contributed by atoms with Gasteiger partial charge in [0.2, 0.25) is 0 Å². The summed E-state index contributed by atoms with van der Waals surface area (Å²) in [6.45, 7) is 15.1. The summed E-state index contributed by atoms with van der Waals surface area (Å²) in [6.07, 6.45) is 1.79. The second kappa shape index (κ2) is 6.03. The minimum absolute atomic E-state index is 0.275. The third-order valence-corrected chi connectivity index (χ3v) is 2.19. The molecule has 4 nitrogen and oxygen atoms in total. The molecule has 0 aliphatic heterocycles. The lowest BCUT2D eigenvalue weighted by atomic mass is 10.1. The van der Waals surface area contributed by atoms with Gasteiger partial charge in [-0.25, -0.2) is 4.79 Å². The predicted molar refractivity (Wildman–Crippen MR) is 73.5 cm³/mol. The third-order valence-electron chi connectivity index (χ3n) is 2.19. The maximum absolute atomic E-state index is 12.0. The van der Waals surface area contributed by atoms with Crippen LogP contribution in [0.3, 0.4) is 0 Å². The maximum Gasteiger partial charge on any atom is 0.334 e. The molecule has 0 fully saturated rings. The Labute approximate surface area is 110 Å². The largest absolute Gasteiger partial charge is 0.458 e. The fraction of sp³-hybridized carbons (Fsp3) is 0.714. The van der Waals surface area contributed by atoms with Gasteiger partial charge in [-0.2, -0.15) is 5.10 Å². The maximum atomic E-state index is 12.0. The SMILES string of the molecule is CC.Cc1ccn(C(C)(C)C(=O)OC(C)(C)C)n1. The van der Waals surface area contributed by atoms with Crippen molar-refractivity contribution in [2.45, 2.75) is 66.5 Å².